The second-order valence-corrected chi connectivity index (χ2v) is 5.58. The summed E-state index contributed by atoms with van der Waals surface area (Å²) in [4.78, 5) is 1.29. The highest BCUT2D eigenvalue weighted by Crippen LogP contribution is 2.23. The monoisotopic (exact) mass is 239 g/mol. The fraction of sp³-hybridized carbons (Fsp3) is 0.538. The maximum absolute atomic E-state index is 5.61. The van der Waals surface area contributed by atoms with Gasteiger partial charge in [-0.1, -0.05) is 12.1 Å². The van der Waals surface area contributed by atoms with Gasteiger partial charge in [-0.25, -0.2) is 0 Å². The van der Waals surface area contributed by atoms with Crippen molar-refractivity contribution in [3.63, 3.8) is 0 Å². The lowest BCUT2D eigenvalue weighted by Gasteiger charge is -2.22. The lowest BCUT2D eigenvalue weighted by atomic mass is 10.1. The molecule has 90 valence electrons. The molecule has 0 aromatic heterocycles. The standard InChI is InChI=1S/C13H21NOS/c1-13(2,15-3)7-8-16-12-6-4-5-11(9-12)10-14/h4-6,9H,7-8,10,14H2,1-3H3. The average molecular weight is 239 g/mol. The van der Waals surface area contributed by atoms with Crippen LogP contribution < -0.4 is 5.73 Å². The Bertz CT molecular complexity index is 325. The summed E-state index contributed by atoms with van der Waals surface area (Å²) < 4.78 is 5.39. The van der Waals surface area contributed by atoms with E-state index in [1.54, 1.807) is 7.11 Å². The molecule has 0 atom stereocenters. The molecule has 0 aliphatic carbocycles. The second kappa shape index (κ2) is 6.28. The minimum Gasteiger partial charge on any atom is -0.379 e. The Hall–Kier alpha value is -0.510. The third-order valence-corrected chi connectivity index (χ3v) is 3.66. The Kier molecular flexibility index (Phi) is 5.32. The van der Waals surface area contributed by atoms with Crippen molar-refractivity contribution in [1.82, 2.24) is 0 Å². The molecule has 0 saturated carbocycles. The molecule has 3 heteroatoms. The number of nitrogens with two attached hydrogens (primary N) is 1. The highest BCUT2D eigenvalue weighted by atomic mass is 32.2. The van der Waals surface area contributed by atoms with Gasteiger partial charge in [-0.05, 0) is 38.0 Å². The summed E-state index contributed by atoms with van der Waals surface area (Å²) in [5, 5.41) is 0. The molecule has 0 heterocycles. The first kappa shape index (κ1) is 13.6. The molecule has 1 aromatic rings. The summed E-state index contributed by atoms with van der Waals surface area (Å²) in [6.45, 7) is 4.84. The van der Waals surface area contributed by atoms with Gasteiger partial charge in [0.15, 0.2) is 0 Å². The predicted molar refractivity (Wildman–Crippen MR) is 70.8 cm³/mol. The van der Waals surface area contributed by atoms with Crippen molar-refractivity contribution in [3.8, 4) is 0 Å². The Balaban J connectivity index is 2.42. The van der Waals surface area contributed by atoms with Crippen molar-refractivity contribution in [3.05, 3.63) is 29.8 Å². The molecule has 1 rings (SSSR count). The van der Waals surface area contributed by atoms with E-state index in [4.69, 9.17) is 10.5 Å². The molecule has 0 unspecified atom stereocenters. The molecule has 0 radical (unpaired) electrons. The summed E-state index contributed by atoms with van der Waals surface area (Å²) in [5.74, 6) is 1.06. The number of hydrogen-bond acceptors (Lipinski definition) is 3. The minimum absolute atomic E-state index is 0.0293. The Morgan fingerprint density at radius 2 is 2.12 bits per heavy atom. The highest BCUT2D eigenvalue weighted by Gasteiger charge is 2.15. The van der Waals surface area contributed by atoms with Gasteiger partial charge in [0, 0.05) is 24.3 Å². The summed E-state index contributed by atoms with van der Waals surface area (Å²) in [7, 11) is 1.76. The van der Waals surface area contributed by atoms with Crippen molar-refractivity contribution in [2.24, 2.45) is 5.73 Å². The van der Waals surface area contributed by atoms with E-state index < -0.39 is 0 Å². The van der Waals surface area contributed by atoms with E-state index in [0.29, 0.717) is 6.54 Å². The first-order valence-corrected chi connectivity index (χ1v) is 6.53. The van der Waals surface area contributed by atoms with Gasteiger partial charge in [-0.2, -0.15) is 0 Å². The first-order chi connectivity index (χ1) is 7.57. The van der Waals surface area contributed by atoms with Crippen LogP contribution in [0.4, 0.5) is 0 Å². The van der Waals surface area contributed by atoms with Crippen molar-refractivity contribution in [2.45, 2.75) is 37.3 Å². The molecule has 0 bridgehead atoms. The molecule has 2 nitrogen and oxygen atoms in total. The van der Waals surface area contributed by atoms with Crippen LogP contribution in [0.5, 0.6) is 0 Å². The van der Waals surface area contributed by atoms with Gasteiger partial charge >= 0.3 is 0 Å². The number of benzene rings is 1. The van der Waals surface area contributed by atoms with Crippen molar-refractivity contribution < 1.29 is 4.74 Å². The number of hydrogen-bond donors (Lipinski definition) is 1. The van der Waals surface area contributed by atoms with Crippen LogP contribution in [0.1, 0.15) is 25.8 Å². The third-order valence-electron chi connectivity index (χ3n) is 2.66. The molecular weight excluding hydrogens is 218 g/mol. The van der Waals surface area contributed by atoms with Gasteiger partial charge in [0.2, 0.25) is 0 Å². The van der Waals surface area contributed by atoms with Crippen LogP contribution >= 0.6 is 11.8 Å². The smallest absolute Gasteiger partial charge is 0.0630 e. The number of rotatable bonds is 6. The molecule has 0 fully saturated rings. The lowest BCUT2D eigenvalue weighted by molar-refractivity contribution is 0.0207. The quantitative estimate of drug-likeness (QED) is 0.775. The lowest BCUT2D eigenvalue weighted by Crippen LogP contribution is -2.22. The molecule has 0 aliphatic heterocycles. The third kappa shape index (κ3) is 4.56. The molecule has 2 N–H and O–H groups in total. The van der Waals surface area contributed by atoms with E-state index in [1.807, 2.05) is 11.8 Å². The summed E-state index contributed by atoms with van der Waals surface area (Å²) in [6.07, 6.45) is 1.04. The molecule has 0 spiro atoms. The SMILES string of the molecule is COC(C)(C)CCSc1cccc(CN)c1. The van der Waals surface area contributed by atoms with Gasteiger partial charge in [-0.3, -0.25) is 0 Å². The van der Waals surface area contributed by atoms with Crippen molar-refractivity contribution in [2.75, 3.05) is 12.9 Å². The molecule has 0 amide bonds. The Morgan fingerprint density at radius 3 is 2.75 bits per heavy atom. The van der Waals surface area contributed by atoms with Crippen LogP contribution in [0.3, 0.4) is 0 Å². The number of ether oxygens (including phenoxy) is 1. The van der Waals surface area contributed by atoms with Crippen LogP contribution in [0.15, 0.2) is 29.2 Å². The van der Waals surface area contributed by atoms with Crippen LogP contribution in [0.2, 0.25) is 0 Å². The second-order valence-electron chi connectivity index (χ2n) is 4.41. The number of methoxy groups -OCH3 is 1. The van der Waals surface area contributed by atoms with E-state index in [1.165, 1.54) is 10.5 Å². The van der Waals surface area contributed by atoms with E-state index in [0.717, 1.165) is 12.2 Å². The topological polar surface area (TPSA) is 35.2 Å². The molecule has 0 aliphatic rings. The predicted octanol–water partition coefficient (Wildman–Crippen LogP) is 3.05. The molecule has 0 saturated heterocycles. The van der Waals surface area contributed by atoms with Crippen LogP contribution in [-0.2, 0) is 11.3 Å². The normalized spacial score (nSPS) is 11.8. The average Bonchev–Trinajstić information content (AvgIpc) is 2.29. The van der Waals surface area contributed by atoms with Gasteiger partial charge in [0.25, 0.3) is 0 Å². The molecule has 1 aromatic carbocycles. The zero-order valence-corrected chi connectivity index (χ0v) is 11.1. The largest absolute Gasteiger partial charge is 0.379 e. The Labute approximate surface area is 103 Å². The number of thioether (sulfide) groups is 1. The zero-order chi connectivity index (χ0) is 12.0. The maximum Gasteiger partial charge on any atom is 0.0630 e. The fourth-order valence-electron chi connectivity index (χ4n) is 1.28. The van der Waals surface area contributed by atoms with E-state index in [-0.39, 0.29) is 5.60 Å². The summed E-state index contributed by atoms with van der Waals surface area (Å²) >= 11 is 1.86. The first-order valence-electron chi connectivity index (χ1n) is 5.54. The molecular formula is C13H21NOS. The highest BCUT2D eigenvalue weighted by molar-refractivity contribution is 7.99. The van der Waals surface area contributed by atoms with E-state index in [2.05, 4.69) is 38.1 Å². The van der Waals surface area contributed by atoms with E-state index in [9.17, 15) is 0 Å². The van der Waals surface area contributed by atoms with Crippen LogP contribution in [-0.4, -0.2) is 18.5 Å². The molecule has 16 heavy (non-hydrogen) atoms. The van der Waals surface area contributed by atoms with E-state index >= 15 is 0 Å². The summed E-state index contributed by atoms with van der Waals surface area (Å²) in [5.41, 5.74) is 6.77. The van der Waals surface area contributed by atoms with Crippen molar-refractivity contribution >= 4 is 11.8 Å². The maximum atomic E-state index is 5.61. The summed E-state index contributed by atoms with van der Waals surface area (Å²) in [6, 6.07) is 8.41. The Morgan fingerprint density at radius 1 is 1.38 bits per heavy atom. The minimum atomic E-state index is -0.0293. The van der Waals surface area contributed by atoms with Crippen molar-refractivity contribution in [1.29, 1.82) is 0 Å². The fourth-order valence-corrected chi connectivity index (χ4v) is 2.52. The van der Waals surface area contributed by atoms with Gasteiger partial charge in [0.1, 0.15) is 0 Å². The van der Waals surface area contributed by atoms with Gasteiger partial charge in [0.05, 0.1) is 5.60 Å². The van der Waals surface area contributed by atoms with Gasteiger partial charge in [-0.15, -0.1) is 11.8 Å². The van der Waals surface area contributed by atoms with Crippen LogP contribution in [0, 0.1) is 0 Å². The zero-order valence-electron chi connectivity index (χ0n) is 10.3. The van der Waals surface area contributed by atoms with Crippen LogP contribution in [0.25, 0.3) is 0 Å². The van der Waals surface area contributed by atoms with Gasteiger partial charge < -0.3 is 10.5 Å².